The highest BCUT2D eigenvalue weighted by Crippen LogP contribution is 2.34. The van der Waals surface area contributed by atoms with Gasteiger partial charge in [-0.25, -0.2) is 4.79 Å². The van der Waals surface area contributed by atoms with Crippen LogP contribution in [-0.4, -0.2) is 41.4 Å². The van der Waals surface area contributed by atoms with Crippen molar-refractivity contribution in [3.05, 3.63) is 83.9 Å². The molecule has 1 amide bonds. The second kappa shape index (κ2) is 17.4. The largest absolute Gasteiger partial charge is 0.450 e. The normalized spacial score (nSPS) is 16.9. The highest BCUT2D eigenvalue weighted by atomic mass is 19.4. The first-order valence-corrected chi connectivity index (χ1v) is 16.9. The van der Waals surface area contributed by atoms with Crippen molar-refractivity contribution in [3.63, 3.8) is 0 Å². The number of rotatable bonds is 16. The summed E-state index contributed by atoms with van der Waals surface area (Å²) in [6, 6.07) is 21.1. The van der Waals surface area contributed by atoms with Gasteiger partial charge in [-0.3, -0.25) is 19.2 Å². The Labute approximate surface area is 285 Å². The summed E-state index contributed by atoms with van der Waals surface area (Å²) in [4.78, 5) is 65.8. The van der Waals surface area contributed by atoms with E-state index in [-0.39, 0.29) is 50.4 Å². The predicted octanol–water partition coefficient (Wildman–Crippen LogP) is 8.16. The molecule has 10 heteroatoms. The third-order valence-corrected chi connectivity index (χ3v) is 9.20. The van der Waals surface area contributed by atoms with E-state index in [1.54, 1.807) is 24.3 Å². The smallest absolute Gasteiger partial charge is 0.445 e. The number of alkyl halides is 3. The Balaban J connectivity index is 1.56. The zero-order chi connectivity index (χ0) is 35.6. The number of halogens is 3. The summed E-state index contributed by atoms with van der Waals surface area (Å²) >= 11 is 0. The average molecular weight is 680 g/mol. The molecule has 0 spiro atoms. The first kappa shape index (κ1) is 37.5. The van der Waals surface area contributed by atoms with Crippen LogP contribution in [0.25, 0.3) is 10.8 Å². The Hall–Kier alpha value is -4.34. The van der Waals surface area contributed by atoms with Crippen molar-refractivity contribution in [1.82, 2.24) is 5.32 Å². The molecule has 1 N–H and O–H groups in total. The van der Waals surface area contributed by atoms with Gasteiger partial charge in [0.1, 0.15) is 18.2 Å². The molecule has 0 unspecified atom stereocenters. The summed E-state index contributed by atoms with van der Waals surface area (Å²) in [5, 5.41) is 4.48. The van der Waals surface area contributed by atoms with Crippen molar-refractivity contribution in [2.45, 2.75) is 90.5 Å². The molecule has 49 heavy (non-hydrogen) atoms. The average Bonchev–Trinajstić information content (AvgIpc) is 3.07. The van der Waals surface area contributed by atoms with Gasteiger partial charge in [0.15, 0.2) is 5.78 Å². The molecule has 0 saturated heterocycles. The number of benzene rings is 3. The lowest BCUT2D eigenvalue weighted by Gasteiger charge is -2.27. The molecule has 0 heterocycles. The van der Waals surface area contributed by atoms with Crippen molar-refractivity contribution >= 4 is 40.0 Å². The minimum absolute atomic E-state index is 0.0333. The number of alkyl carbamates (subject to hydrolysis) is 1. The van der Waals surface area contributed by atoms with E-state index in [1.807, 2.05) is 62.4 Å². The van der Waals surface area contributed by atoms with Gasteiger partial charge in [0, 0.05) is 43.4 Å². The summed E-state index contributed by atoms with van der Waals surface area (Å²) in [5.41, 5.74) is 1.52. The fourth-order valence-corrected chi connectivity index (χ4v) is 6.70. The number of hydrogen-bond donors (Lipinski definition) is 1. The summed E-state index contributed by atoms with van der Waals surface area (Å²) < 4.78 is 46.5. The second-order valence-corrected chi connectivity index (χ2v) is 13.5. The number of nitrogens with one attached hydrogen (secondary N) is 1. The highest BCUT2D eigenvalue weighted by molar-refractivity contribution is 5.96. The molecule has 3 aromatic carbocycles. The van der Waals surface area contributed by atoms with Crippen LogP contribution in [0.5, 0.6) is 0 Å². The summed E-state index contributed by atoms with van der Waals surface area (Å²) in [6.07, 6.45) is -5.18. The maximum atomic E-state index is 14.0. The van der Waals surface area contributed by atoms with Crippen molar-refractivity contribution in [2.75, 3.05) is 0 Å². The molecule has 0 bridgehead atoms. The van der Waals surface area contributed by atoms with Gasteiger partial charge in [-0.05, 0) is 53.5 Å². The molecule has 0 aliphatic heterocycles. The van der Waals surface area contributed by atoms with Gasteiger partial charge in [-0.15, -0.1) is 0 Å². The van der Waals surface area contributed by atoms with Crippen LogP contribution >= 0.6 is 0 Å². The molecule has 7 nitrogen and oxygen atoms in total. The summed E-state index contributed by atoms with van der Waals surface area (Å²) in [5.74, 6) is -6.83. The zero-order valence-corrected chi connectivity index (χ0v) is 28.0. The van der Waals surface area contributed by atoms with Crippen molar-refractivity contribution < 1.29 is 41.9 Å². The number of ketones is 4. The standard InChI is InChI=1S/C39H44F3NO6/c1-25(2)19-30(35(45)23-31(37(47)39(40,41)42)20-29-14-7-9-18-34(29)44)22-36(46)33(43-38(48)49-24-26-11-4-3-5-12-26)21-28-16-10-15-27-13-6-8-17-32(27)28/h3-6,8,10-13,15-17,25,29-31,33H,7,9,14,18-24H2,1-2H3,(H,43,48)/t29-,30+,31+,33-/m0/s1. The van der Waals surface area contributed by atoms with Gasteiger partial charge in [0.2, 0.25) is 5.78 Å². The predicted molar refractivity (Wildman–Crippen MR) is 180 cm³/mol. The summed E-state index contributed by atoms with van der Waals surface area (Å²) in [7, 11) is 0. The molecule has 1 aliphatic carbocycles. The quantitative estimate of drug-likeness (QED) is 0.164. The van der Waals surface area contributed by atoms with Crippen LogP contribution in [0.15, 0.2) is 72.8 Å². The van der Waals surface area contributed by atoms with Crippen molar-refractivity contribution in [1.29, 1.82) is 0 Å². The molecule has 1 fully saturated rings. The SMILES string of the molecule is CC(C)C[C@H](CC(=O)[C@H](Cc1cccc2ccccc12)NC(=O)OCc1ccccc1)C(=O)C[C@@H](C[C@@H]1CCCCC1=O)C(=O)C(F)(F)F. The Kier molecular flexibility index (Phi) is 13.3. The fourth-order valence-electron chi connectivity index (χ4n) is 6.70. The first-order valence-electron chi connectivity index (χ1n) is 16.9. The van der Waals surface area contributed by atoms with Crippen LogP contribution in [0.2, 0.25) is 0 Å². The lowest BCUT2D eigenvalue weighted by molar-refractivity contribution is -0.177. The van der Waals surface area contributed by atoms with E-state index in [2.05, 4.69) is 5.32 Å². The topological polar surface area (TPSA) is 107 Å². The van der Waals surface area contributed by atoms with Gasteiger partial charge in [0.25, 0.3) is 0 Å². The molecule has 3 aromatic rings. The molecular formula is C39H44F3NO6. The van der Waals surface area contributed by atoms with E-state index < -0.39 is 59.8 Å². The molecule has 0 radical (unpaired) electrons. The molecule has 262 valence electrons. The Morgan fingerprint density at radius 3 is 2.22 bits per heavy atom. The molecular weight excluding hydrogens is 635 g/mol. The van der Waals surface area contributed by atoms with E-state index in [0.717, 1.165) is 21.9 Å². The summed E-state index contributed by atoms with van der Waals surface area (Å²) in [6.45, 7) is 3.63. The number of ether oxygens (including phenoxy) is 1. The van der Waals surface area contributed by atoms with E-state index in [0.29, 0.717) is 19.3 Å². The molecule has 1 aliphatic rings. The third-order valence-electron chi connectivity index (χ3n) is 9.20. The van der Waals surface area contributed by atoms with E-state index in [4.69, 9.17) is 4.74 Å². The number of carbonyl (C=O) groups excluding carboxylic acids is 5. The number of hydrogen-bond acceptors (Lipinski definition) is 6. The van der Waals surface area contributed by atoms with Gasteiger partial charge >= 0.3 is 12.3 Å². The molecule has 1 saturated carbocycles. The van der Waals surface area contributed by atoms with Crippen LogP contribution in [0.1, 0.15) is 76.3 Å². The van der Waals surface area contributed by atoms with Crippen LogP contribution < -0.4 is 5.32 Å². The Morgan fingerprint density at radius 1 is 0.857 bits per heavy atom. The molecule has 4 atom stereocenters. The lowest BCUT2D eigenvalue weighted by atomic mass is 9.76. The van der Waals surface area contributed by atoms with Crippen LogP contribution in [0.3, 0.4) is 0 Å². The molecule has 4 rings (SSSR count). The van der Waals surface area contributed by atoms with Crippen molar-refractivity contribution in [3.8, 4) is 0 Å². The zero-order valence-electron chi connectivity index (χ0n) is 28.0. The van der Waals surface area contributed by atoms with Crippen molar-refractivity contribution in [2.24, 2.45) is 23.7 Å². The van der Waals surface area contributed by atoms with Gasteiger partial charge < -0.3 is 10.1 Å². The number of amides is 1. The van der Waals surface area contributed by atoms with Gasteiger partial charge in [-0.2, -0.15) is 13.2 Å². The van der Waals surface area contributed by atoms with E-state index >= 15 is 0 Å². The minimum atomic E-state index is -5.17. The van der Waals surface area contributed by atoms with Crippen LogP contribution in [0.4, 0.5) is 18.0 Å². The van der Waals surface area contributed by atoms with E-state index in [1.165, 1.54) is 0 Å². The van der Waals surface area contributed by atoms with Gasteiger partial charge in [-0.1, -0.05) is 93.1 Å². The number of fused-ring (bicyclic) bond motifs is 1. The first-order chi connectivity index (χ1) is 23.3. The highest BCUT2D eigenvalue weighted by Gasteiger charge is 2.45. The fraction of sp³-hybridized carbons (Fsp3) is 0.462. The molecule has 0 aromatic heterocycles. The monoisotopic (exact) mass is 679 g/mol. The number of carbonyl (C=O) groups is 5. The second-order valence-electron chi connectivity index (χ2n) is 13.5. The van der Waals surface area contributed by atoms with Crippen LogP contribution in [0, 0.1) is 23.7 Å². The maximum absolute atomic E-state index is 14.0. The minimum Gasteiger partial charge on any atom is -0.445 e. The van der Waals surface area contributed by atoms with E-state index in [9.17, 15) is 37.1 Å². The Bertz CT molecular complexity index is 1610. The number of Topliss-reactive ketones (excluding diaryl/α,β-unsaturated/α-hetero) is 4. The lowest BCUT2D eigenvalue weighted by Crippen LogP contribution is -2.44. The third kappa shape index (κ3) is 11.1. The van der Waals surface area contributed by atoms with Gasteiger partial charge in [0.05, 0.1) is 6.04 Å². The van der Waals surface area contributed by atoms with Crippen LogP contribution in [-0.2, 0) is 36.9 Å². The Morgan fingerprint density at radius 2 is 1.53 bits per heavy atom. The maximum Gasteiger partial charge on any atom is 0.450 e.